The minimum absolute atomic E-state index is 0.0286. The zero-order chi connectivity index (χ0) is 12.8. The number of likely N-dealkylation sites (N-methyl/N-ethyl adjacent to an activating group) is 1. The van der Waals surface area contributed by atoms with E-state index in [2.05, 4.69) is 10.1 Å². The van der Waals surface area contributed by atoms with Gasteiger partial charge in [-0.1, -0.05) is 0 Å². The van der Waals surface area contributed by atoms with Gasteiger partial charge in [-0.3, -0.25) is 14.5 Å². The Balaban J connectivity index is 2.12. The van der Waals surface area contributed by atoms with Crippen molar-refractivity contribution in [3.63, 3.8) is 0 Å². The summed E-state index contributed by atoms with van der Waals surface area (Å²) >= 11 is 0. The molecule has 1 aliphatic carbocycles. The number of esters is 1. The predicted molar refractivity (Wildman–Crippen MR) is 57.8 cm³/mol. The third-order valence-corrected chi connectivity index (χ3v) is 3.62. The second kappa shape index (κ2) is 3.80. The van der Waals surface area contributed by atoms with Crippen LogP contribution in [0.2, 0.25) is 0 Å². The van der Waals surface area contributed by atoms with Gasteiger partial charge in [-0.25, -0.2) is 4.79 Å². The number of hydrogen-bond acceptors (Lipinski definition) is 5. The predicted octanol–water partition coefficient (Wildman–Crippen LogP) is -0.858. The summed E-state index contributed by atoms with van der Waals surface area (Å²) in [5, 5.41) is 2.81. The van der Waals surface area contributed by atoms with Crippen molar-refractivity contribution in [1.82, 2.24) is 10.2 Å². The average molecular weight is 240 g/mol. The number of amides is 2. The molecular formula is C11H16N2O4. The first kappa shape index (κ1) is 12.0. The molecule has 1 N–H and O–H groups in total. The van der Waals surface area contributed by atoms with Crippen LogP contribution >= 0.6 is 0 Å². The van der Waals surface area contributed by atoms with Gasteiger partial charge in [-0.15, -0.1) is 0 Å². The average Bonchev–Trinajstić information content (AvgIpc) is 3.08. The van der Waals surface area contributed by atoms with E-state index in [-0.39, 0.29) is 30.2 Å². The molecule has 2 rings (SSSR count). The van der Waals surface area contributed by atoms with E-state index in [1.807, 2.05) is 0 Å². The molecule has 1 saturated carbocycles. The summed E-state index contributed by atoms with van der Waals surface area (Å²) in [5.41, 5.74) is -1.04. The molecule has 2 amide bonds. The van der Waals surface area contributed by atoms with Gasteiger partial charge in [-0.05, 0) is 20.4 Å². The second-order valence-corrected chi connectivity index (χ2v) is 4.78. The van der Waals surface area contributed by atoms with E-state index in [9.17, 15) is 14.4 Å². The van der Waals surface area contributed by atoms with E-state index in [1.165, 1.54) is 12.0 Å². The molecule has 0 aromatic heterocycles. The number of nitrogens with zero attached hydrogens (tertiary/aromatic N) is 1. The van der Waals surface area contributed by atoms with Crippen molar-refractivity contribution in [2.45, 2.75) is 18.9 Å². The number of likely N-dealkylation sites (tertiary alicyclic amines) is 1. The first-order valence-corrected chi connectivity index (χ1v) is 5.57. The van der Waals surface area contributed by atoms with E-state index in [0.717, 1.165) is 0 Å². The van der Waals surface area contributed by atoms with Crippen LogP contribution in [-0.2, 0) is 19.1 Å². The fourth-order valence-corrected chi connectivity index (χ4v) is 2.19. The largest absolute Gasteiger partial charge is 0.468 e. The van der Waals surface area contributed by atoms with Crippen LogP contribution in [0.25, 0.3) is 0 Å². The van der Waals surface area contributed by atoms with E-state index in [1.54, 1.807) is 14.0 Å². The summed E-state index contributed by atoms with van der Waals surface area (Å²) in [4.78, 5) is 36.4. The van der Waals surface area contributed by atoms with Crippen LogP contribution < -0.4 is 5.32 Å². The standard InChI is InChI=1S/C11H16N2O4/c1-11(12-2,10(16)17-3)5-13-8(14)6-4-7(6)9(13)15/h6-7,12H,4-5H2,1-3H3. The van der Waals surface area contributed by atoms with Crippen LogP contribution in [0.5, 0.6) is 0 Å². The lowest BCUT2D eigenvalue weighted by Gasteiger charge is -2.30. The van der Waals surface area contributed by atoms with Gasteiger partial charge in [0.25, 0.3) is 0 Å². The van der Waals surface area contributed by atoms with E-state index in [4.69, 9.17) is 0 Å². The zero-order valence-electron chi connectivity index (χ0n) is 10.1. The van der Waals surface area contributed by atoms with Crippen molar-refractivity contribution >= 4 is 17.8 Å². The number of rotatable bonds is 4. The highest BCUT2D eigenvalue weighted by molar-refractivity contribution is 6.09. The van der Waals surface area contributed by atoms with Crippen molar-refractivity contribution in [1.29, 1.82) is 0 Å². The monoisotopic (exact) mass is 240 g/mol. The third-order valence-electron chi connectivity index (χ3n) is 3.62. The molecule has 94 valence electrons. The molecular weight excluding hydrogens is 224 g/mol. The number of carbonyl (C=O) groups excluding carboxylic acids is 3. The molecule has 6 nitrogen and oxygen atoms in total. The Labute approximate surface area is 99.3 Å². The number of hydrogen-bond donors (Lipinski definition) is 1. The number of methoxy groups -OCH3 is 1. The van der Waals surface area contributed by atoms with E-state index < -0.39 is 11.5 Å². The number of imide groups is 1. The van der Waals surface area contributed by atoms with Gasteiger partial charge in [-0.2, -0.15) is 0 Å². The molecule has 3 unspecified atom stereocenters. The SMILES string of the molecule is CNC(C)(CN1C(=O)C2CC2C1=O)C(=O)OC. The minimum atomic E-state index is -1.04. The Morgan fingerprint density at radius 1 is 1.47 bits per heavy atom. The fourth-order valence-electron chi connectivity index (χ4n) is 2.19. The van der Waals surface area contributed by atoms with Crippen molar-refractivity contribution < 1.29 is 19.1 Å². The van der Waals surface area contributed by atoms with Crippen LogP contribution in [0.1, 0.15) is 13.3 Å². The molecule has 0 aromatic rings. The molecule has 0 spiro atoms. The number of nitrogens with one attached hydrogen (secondary N) is 1. The van der Waals surface area contributed by atoms with Gasteiger partial charge in [0.15, 0.2) is 0 Å². The smallest absolute Gasteiger partial charge is 0.327 e. The molecule has 1 saturated heterocycles. The number of fused-ring (bicyclic) bond motifs is 1. The summed E-state index contributed by atoms with van der Waals surface area (Å²) in [7, 11) is 2.88. The summed E-state index contributed by atoms with van der Waals surface area (Å²) < 4.78 is 4.67. The van der Waals surface area contributed by atoms with Crippen molar-refractivity contribution in [2.24, 2.45) is 11.8 Å². The van der Waals surface area contributed by atoms with E-state index in [0.29, 0.717) is 6.42 Å². The maximum atomic E-state index is 11.8. The molecule has 0 bridgehead atoms. The number of carbonyl (C=O) groups is 3. The summed E-state index contributed by atoms with van der Waals surface area (Å²) in [6.45, 7) is 1.64. The number of piperidine rings is 1. The molecule has 3 atom stereocenters. The van der Waals surface area contributed by atoms with Crippen LogP contribution in [-0.4, -0.2) is 48.9 Å². The highest BCUT2D eigenvalue weighted by Crippen LogP contribution is 2.47. The van der Waals surface area contributed by atoms with Crippen molar-refractivity contribution in [3.05, 3.63) is 0 Å². The zero-order valence-corrected chi connectivity index (χ0v) is 10.1. The van der Waals surface area contributed by atoms with Crippen LogP contribution in [0.3, 0.4) is 0 Å². The minimum Gasteiger partial charge on any atom is -0.468 e. The highest BCUT2D eigenvalue weighted by atomic mass is 16.5. The number of ether oxygens (including phenoxy) is 1. The first-order valence-electron chi connectivity index (χ1n) is 5.57. The maximum Gasteiger partial charge on any atom is 0.327 e. The molecule has 2 aliphatic rings. The Kier molecular flexibility index (Phi) is 2.69. The third kappa shape index (κ3) is 1.72. The topological polar surface area (TPSA) is 75.7 Å². The first-order chi connectivity index (χ1) is 7.94. The van der Waals surface area contributed by atoms with E-state index >= 15 is 0 Å². The van der Waals surface area contributed by atoms with Gasteiger partial charge < -0.3 is 10.1 Å². The lowest BCUT2D eigenvalue weighted by atomic mass is 10.0. The maximum absolute atomic E-state index is 11.8. The molecule has 0 aromatic carbocycles. The molecule has 17 heavy (non-hydrogen) atoms. The molecule has 2 fully saturated rings. The second-order valence-electron chi connectivity index (χ2n) is 4.78. The van der Waals surface area contributed by atoms with Crippen LogP contribution in [0.4, 0.5) is 0 Å². The lowest BCUT2D eigenvalue weighted by Crippen LogP contribution is -2.57. The summed E-state index contributed by atoms with van der Waals surface area (Å²) in [6, 6.07) is 0. The van der Waals surface area contributed by atoms with Gasteiger partial charge >= 0.3 is 5.97 Å². The van der Waals surface area contributed by atoms with Crippen molar-refractivity contribution in [3.8, 4) is 0 Å². The Morgan fingerprint density at radius 2 is 2.00 bits per heavy atom. The normalized spacial score (nSPS) is 29.9. The molecule has 1 aliphatic heterocycles. The Morgan fingerprint density at radius 3 is 2.41 bits per heavy atom. The van der Waals surface area contributed by atoms with Gasteiger partial charge in [0.05, 0.1) is 25.5 Å². The van der Waals surface area contributed by atoms with Crippen LogP contribution in [0, 0.1) is 11.8 Å². The summed E-state index contributed by atoms with van der Waals surface area (Å²) in [5.74, 6) is -1.08. The molecule has 1 heterocycles. The van der Waals surface area contributed by atoms with Crippen LogP contribution in [0.15, 0.2) is 0 Å². The van der Waals surface area contributed by atoms with Gasteiger partial charge in [0.2, 0.25) is 11.8 Å². The Hall–Kier alpha value is -1.43. The molecule has 6 heteroatoms. The Bertz CT molecular complexity index is 375. The lowest BCUT2D eigenvalue weighted by molar-refractivity contribution is -0.151. The summed E-state index contributed by atoms with van der Waals surface area (Å²) in [6.07, 6.45) is 0.669. The quantitative estimate of drug-likeness (QED) is 0.511. The molecule has 0 radical (unpaired) electrons. The van der Waals surface area contributed by atoms with Crippen molar-refractivity contribution in [2.75, 3.05) is 20.7 Å². The van der Waals surface area contributed by atoms with Gasteiger partial charge in [0, 0.05) is 0 Å². The fraction of sp³-hybridized carbons (Fsp3) is 0.727. The highest BCUT2D eigenvalue weighted by Gasteiger charge is 2.60. The van der Waals surface area contributed by atoms with Gasteiger partial charge in [0.1, 0.15) is 5.54 Å².